The minimum absolute atomic E-state index is 0.0400. The van der Waals surface area contributed by atoms with Gasteiger partial charge in [0.25, 0.3) is 0 Å². The lowest BCUT2D eigenvalue weighted by atomic mass is 9.90. The molecule has 3 nitrogen and oxygen atoms in total. The van der Waals surface area contributed by atoms with E-state index in [0.717, 1.165) is 25.8 Å². The lowest BCUT2D eigenvalue weighted by Gasteiger charge is -2.40. The molecule has 2 aromatic rings. The average Bonchev–Trinajstić information content (AvgIpc) is 3.16. The molecule has 1 aliphatic rings. The van der Waals surface area contributed by atoms with Crippen LogP contribution in [0.2, 0.25) is 0 Å². The molecule has 0 saturated heterocycles. The fourth-order valence-electron chi connectivity index (χ4n) is 4.86. The summed E-state index contributed by atoms with van der Waals surface area (Å²) in [5.74, 6) is 0.378. The summed E-state index contributed by atoms with van der Waals surface area (Å²) in [5.41, 5.74) is 2.12. The molecule has 3 heteroatoms. The van der Waals surface area contributed by atoms with E-state index in [1.807, 2.05) is 20.8 Å². The molecule has 0 radical (unpaired) electrons. The highest BCUT2D eigenvalue weighted by molar-refractivity contribution is 5.74. The fraction of sp³-hybridized carbons (Fsp3) is 0.519. The number of hydrogen-bond donors (Lipinski definition) is 0. The van der Waals surface area contributed by atoms with Crippen LogP contribution in [-0.2, 0) is 16.1 Å². The average molecular weight is 408 g/mol. The monoisotopic (exact) mass is 407 g/mol. The van der Waals surface area contributed by atoms with Crippen LogP contribution in [0.4, 0.5) is 0 Å². The van der Waals surface area contributed by atoms with Gasteiger partial charge in [-0.1, -0.05) is 74.0 Å². The molecule has 0 heterocycles. The van der Waals surface area contributed by atoms with E-state index < -0.39 is 5.60 Å². The van der Waals surface area contributed by atoms with Crippen LogP contribution in [0.25, 0.3) is 0 Å². The zero-order valence-corrected chi connectivity index (χ0v) is 19.2. The Labute approximate surface area is 182 Å². The van der Waals surface area contributed by atoms with Gasteiger partial charge in [-0.3, -0.25) is 9.69 Å². The predicted molar refractivity (Wildman–Crippen MR) is 123 cm³/mol. The third kappa shape index (κ3) is 5.51. The van der Waals surface area contributed by atoms with E-state index in [-0.39, 0.29) is 24.0 Å². The van der Waals surface area contributed by atoms with Crippen LogP contribution in [0, 0.1) is 11.8 Å². The first-order valence-corrected chi connectivity index (χ1v) is 11.4. The molecule has 162 valence electrons. The topological polar surface area (TPSA) is 29.5 Å². The van der Waals surface area contributed by atoms with Gasteiger partial charge in [0.2, 0.25) is 0 Å². The third-order valence-electron chi connectivity index (χ3n) is 6.35. The second kappa shape index (κ2) is 9.78. The molecule has 0 bridgehead atoms. The van der Waals surface area contributed by atoms with Crippen LogP contribution >= 0.6 is 0 Å². The van der Waals surface area contributed by atoms with E-state index >= 15 is 0 Å². The molecule has 0 aliphatic heterocycles. The molecule has 30 heavy (non-hydrogen) atoms. The minimum atomic E-state index is -0.457. The summed E-state index contributed by atoms with van der Waals surface area (Å²) < 4.78 is 5.86. The van der Waals surface area contributed by atoms with Gasteiger partial charge in [-0.15, -0.1) is 0 Å². The van der Waals surface area contributed by atoms with Gasteiger partial charge < -0.3 is 4.74 Å². The molecule has 0 unspecified atom stereocenters. The van der Waals surface area contributed by atoms with Crippen LogP contribution in [0.1, 0.15) is 71.0 Å². The van der Waals surface area contributed by atoms with Crippen molar-refractivity contribution in [2.75, 3.05) is 0 Å². The van der Waals surface area contributed by atoms with Gasteiger partial charge in [-0.25, -0.2) is 0 Å². The Morgan fingerprint density at radius 2 is 1.63 bits per heavy atom. The van der Waals surface area contributed by atoms with Crippen molar-refractivity contribution in [3.05, 3.63) is 71.8 Å². The van der Waals surface area contributed by atoms with Gasteiger partial charge >= 0.3 is 5.97 Å². The normalized spacial score (nSPS) is 22.8. The number of carbonyl (C=O) groups is 1. The summed E-state index contributed by atoms with van der Waals surface area (Å²) in [7, 11) is 0. The van der Waals surface area contributed by atoms with Gasteiger partial charge in [-0.05, 0) is 57.6 Å². The van der Waals surface area contributed by atoms with Crippen LogP contribution in [0.15, 0.2) is 60.7 Å². The Morgan fingerprint density at radius 3 is 2.20 bits per heavy atom. The molecule has 0 spiro atoms. The van der Waals surface area contributed by atoms with Crippen molar-refractivity contribution in [2.45, 2.75) is 78.1 Å². The third-order valence-corrected chi connectivity index (χ3v) is 6.35. The zero-order chi connectivity index (χ0) is 21.7. The van der Waals surface area contributed by atoms with Gasteiger partial charge in [-0.2, -0.15) is 0 Å². The van der Waals surface area contributed by atoms with Crippen LogP contribution in [-0.4, -0.2) is 22.5 Å². The standard InChI is InChI=1S/C27H37NO2/c1-6-22-17-18-24(26(29)30-27(3,4)5)25(22)28(19-21-13-9-7-10-14-21)20(2)23-15-11-8-12-16-23/h7-16,20,22,24-25H,6,17-19H2,1-5H3/t20-,22+,24-,25-/m0/s1. The van der Waals surface area contributed by atoms with Crippen LogP contribution in [0.3, 0.4) is 0 Å². The summed E-state index contributed by atoms with van der Waals surface area (Å²) in [6.45, 7) is 11.2. The van der Waals surface area contributed by atoms with Crippen molar-refractivity contribution >= 4 is 5.97 Å². The maximum Gasteiger partial charge on any atom is 0.311 e. The molecular formula is C27H37NO2. The first-order valence-electron chi connectivity index (χ1n) is 11.4. The quantitative estimate of drug-likeness (QED) is 0.498. The largest absolute Gasteiger partial charge is 0.460 e. The van der Waals surface area contributed by atoms with Crippen molar-refractivity contribution in [3.8, 4) is 0 Å². The molecule has 0 N–H and O–H groups in total. The molecule has 2 aromatic carbocycles. The van der Waals surface area contributed by atoms with E-state index in [2.05, 4.69) is 79.4 Å². The number of nitrogens with zero attached hydrogens (tertiary/aromatic N) is 1. The molecule has 1 saturated carbocycles. The minimum Gasteiger partial charge on any atom is -0.460 e. The number of hydrogen-bond acceptors (Lipinski definition) is 3. The van der Waals surface area contributed by atoms with E-state index in [9.17, 15) is 4.79 Å². The smallest absolute Gasteiger partial charge is 0.311 e. The molecule has 0 aromatic heterocycles. The Hall–Kier alpha value is -2.13. The van der Waals surface area contributed by atoms with E-state index in [0.29, 0.717) is 5.92 Å². The summed E-state index contributed by atoms with van der Waals surface area (Å²) in [6, 6.07) is 21.7. The second-order valence-electron chi connectivity index (χ2n) is 9.62. The molecule has 0 amide bonds. The summed E-state index contributed by atoms with van der Waals surface area (Å²) in [6.07, 6.45) is 3.07. The van der Waals surface area contributed by atoms with Crippen molar-refractivity contribution in [1.82, 2.24) is 4.90 Å². The molecule has 1 fully saturated rings. The van der Waals surface area contributed by atoms with Gasteiger partial charge in [0.1, 0.15) is 5.60 Å². The van der Waals surface area contributed by atoms with E-state index in [1.54, 1.807) is 0 Å². The highest BCUT2D eigenvalue weighted by atomic mass is 16.6. The van der Waals surface area contributed by atoms with Crippen molar-refractivity contribution in [1.29, 1.82) is 0 Å². The predicted octanol–water partition coefficient (Wildman–Crippen LogP) is 6.40. The van der Waals surface area contributed by atoms with E-state index in [4.69, 9.17) is 4.74 Å². The number of ether oxygens (including phenoxy) is 1. The Balaban J connectivity index is 1.96. The van der Waals surface area contributed by atoms with Gasteiger partial charge in [0.05, 0.1) is 5.92 Å². The summed E-state index contributed by atoms with van der Waals surface area (Å²) in [5, 5.41) is 0. The lowest BCUT2D eigenvalue weighted by molar-refractivity contribution is -0.162. The van der Waals surface area contributed by atoms with Gasteiger partial charge in [0.15, 0.2) is 0 Å². The van der Waals surface area contributed by atoms with E-state index in [1.165, 1.54) is 11.1 Å². The summed E-state index contributed by atoms with van der Waals surface area (Å²) >= 11 is 0. The Bertz CT molecular complexity index is 797. The maximum atomic E-state index is 13.2. The lowest BCUT2D eigenvalue weighted by Crippen LogP contribution is -2.46. The van der Waals surface area contributed by atoms with Gasteiger partial charge in [0, 0.05) is 18.6 Å². The van der Waals surface area contributed by atoms with Crippen molar-refractivity contribution in [2.24, 2.45) is 11.8 Å². The number of carbonyl (C=O) groups excluding carboxylic acids is 1. The number of rotatable bonds is 7. The number of benzene rings is 2. The van der Waals surface area contributed by atoms with Crippen molar-refractivity contribution < 1.29 is 9.53 Å². The highest BCUT2D eigenvalue weighted by Gasteiger charge is 2.45. The molecular weight excluding hydrogens is 370 g/mol. The SMILES string of the molecule is CC[C@@H]1CC[C@H](C(=O)OC(C)(C)C)[C@H]1N(Cc1ccccc1)[C@@H](C)c1ccccc1. The first-order chi connectivity index (χ1) is 14.3. The van der Waals surface area contributed by atoms with Crippen LogP contribution in [0.5, 0.6) is 0 Å². The maximum absolute atomic E-state index is 13.2. The molecule has 3 rings (SSSR count). The highest BCUT2D eigenvalue weighted by Crippen LogP contribution is 2.42. The summed E-state index contributed by atoms with van der Waals surface area (Å²) in [4.78, 5) is 15.8. The van der Waals surface area contributed by atoms with Crippen LogP contribution < -0.4 is 0 Å². The molecule has 1 aliphatic carbocycles. The number of esters is 1. The van der Waals surface area contributed by atoms with Crippen molar-refractivity contribution in [3.63, 3.8) is 0 Å². The second-order valence-corrected chi connectivity index (χ2v) is 9.62. The Morgan fingerprint density at radius 1 is 1.03 bits per heavy atom. The zero-order valence-electron chi connectivity index (χ0n) is 19.2. The fourth-order valence-corrected chi connectivity index (χ4v) is 4.86. The Kier molecular flexibility index (Phi) is 7.36. The first kappa shape index (κ1) is 22.6. The molecule has 4 atom stereocenters.